The van der Waals surface area contributed by atoms with Gasteiger partial charge in [0.05, 0.1) is 6.54 Å². The highest BCUT2D eigenvalue weighted by atomic mass is 16.5. The first-order valence-corrected chi connectivity index (χ1v) is 8.84. The van der Waals surface area contributed by atoms with E-state index < -0.39 is 0 Å². The molecule has 25 heavy (non-hydrogen) atoms. The van der Waals surface area contributed by atoms with Crippen LogP contribution in [-0.2, 0) is 6.54 Å². The molecule has 1 aliphatic heterocycles. The number of piperazine rings is 1. The third-order valence-corrected chi connectivity index (χ3v) is 4.68. The zero-order valence-electron chi connectivity index (χ0n) is 14.6. The van der Waals surface area contributed by atoms with Gasteiger partial charge in [-0.05, 0) is 12.8 Å². The summed E-state index contributed by atoms with van der Waals surface area (Å²) in [7, 11) is 0. The molecule has 2 aromatic rings. The topological polar surface area (TPSA) is 95.2 Å². The number of aromatic nitrogens is 3. The lowest BCUT2D eigenvalue weighted by molar-refractivity contribution is 0.212. The lowest BCUT2D eigenvalue weighted by Gasteiger charge is -2.33. The van der Waals surface area contributed by atoms with Crippen molar-refractivity contribution in [2.24, 2.45) is 0 Å². The standard InChI is InChI=1S/C17H22N6O2/c1-11(2)15-20-14(25-21-15)10-22-5-7-23(8-6-22)17-13(9-18)19-16(24-17)12-3-4-12/h11-12H,3-8,10H2,1-2H3. The number of nitriles is 1. The van der Waals surface area contributed by atoms with E-state index in [4.69, 9.17) is 8.94 Å². The molecule has 0 aromatic carbocycles. The summed E-state index contributed by atoms with van der Waals surface area (Å²) < 4.78 is 11.2. The van der Waals surface area contributed by atoms with E-state index in [0.29, 0.717) is 29.9 Å². The molecule has 0 bridgehead atoms. The SMILES string of the molecule is CC(C)c1noc(CN2CCN(c3oc(C4CC4)nc3C#N)CC2)n1. The van der Waals surface area contributed by atoms with Crippen LogP contribution in [0, 0.1) is 11.3 Å². The van der Waals surface area contributed by atoms with Crippen molar-refractivity contribution in [3.05, 3.63) is 23.3 Å². The van der Waals surface area contributed by atoms with Crippen molar-refractivity contribution in [1.29, 1.82) is 5.26 Å². The molecule has 2 fully saturated rings. The van der Waals surface area contributed by atoms with E-state index in [-0.39, 0.29) is 5.92 Å². The van der Waals surface area contributed by atoms with E-state index in [9.17, 15) is 5.26 Å². The Morgan fingerprint density at radius 1 is 1.20 bits per heavy atom. The van der Waals surface area contributed by atoms with E-state index in [0.717, 1.165) is 50.7 Å². The van der Waals surface area contributed by atoms with E-state index in [1.165, 1.54) is 0 Å². The molecule has 0 spiro atoms. The van der Waals surface area contributed by atoms with Crippen molar-refractivity contribution >= 4 is 5.88 Å². The second kappa shape index (κ2) is 6.48. The molecule has 0 atom stereocenters. The van der Waals surface area contributed by atoms with Crippen LogP contribution >= 0.6 is 0 Å². The number of nitrogens with zero attached hydrogens (tertiary/aromatic N) is 6. The van der Waals surface area contributed by atoms with Crippen LogP contribution in [0.5, 0.6) is 0 Å². The van der Waals surface area contributed by atoms with Crippen molar-refractivity contribution in [2.45, 2.75) is 45.1 Å². The molecular weight excluding hydrogens is 320 g/mol. The molecule has 0 unspecified atom stereocenters. The van der Waals surface area contributed by atoms with Gasteiger partial charge in [-0.15, -0.1) is 0 Å². The maximum Gasteiger partial charge on any atom is 0.240 e. The lowest BCUT2D eigenvalue weighted by atomic mass is 10.2. The number of hydrogen-bond acceptors (Lipinski definition) is 8. The number of hydrogen-bond donors (Lipinski definition) is 0. The third-order valence-electron chi connectivity index (χ3n) is 4.68. The normalized spacial score (nSPS) is 18.7. The summed E-state index contributed by atoms with van der Waals surface area (Å²) >= 11 is 0. The van der Waals surface area contributed by atoms with Crippen LogP contribution in [0.1, 0.15) is 61.8 Å². The molecule has 1 aliphatic carbocycles. The summed E-state index contributed by atoms with van der Waals surface area (Å²) in [5, 5.41) is 13.3. The fraction of sp³-hybridized carbons (Fsp3) is 0.647. The van der Waals surface area contributed by atoms with Gasteiger partial charge in [-0.3, -0.25) is 4.90 Å². The average molecular weight is 342 g/mol. The second-order valence-corrected chi connectivity index (χ2v) is 7.06. The zero-order valence-corrected chi connectivity index (χ0v) is 14.6. The largest absolute Gasteiger partial charge is 0.423 e. The van der Waals surface area contributed by atoms with Crippen molar-refractivity contribution in [1.82, 2.24) is 20.0 Å². The summed E-state index contributed by atoms with van der Waals surface area (Å²) in [4.78, 5) is 13.2. The summed E-state index contributed by atoms with van der Waals surface area (Å²) in [6, 6.07) is 2.17. The molecule has 1 saturated carbocycles. The minimum Gasteiger partial charge on any atom is -0.423 e. The summed E-state index contributed by atoms with van der Waals surface area (Å²) in [5.41, 5.74) is 0.411. The summed E-state index contributed by atoms with van der Waals surface area (Å²) in [6.45, 7) is 8.04. The smallest absolute Gasteiger partial charge is 0.240 e. The average Bonchev–Trinajstić information content (AvgIpc) is 3.20. The summed E-state index contributed by atoms with van der Waals surface area (Å²) in [5.74, 6) is 3.44. The van der Waals surface area contributed by atoms with Crippen molar-refractivity contribution < 1.29 is 8.94 Å². The Balaban J connectivity index is 1.37. The van der Waals surface area contributed by atoms with Crippen molar-refractivity contribution in [2.75, 3.05) is 31.1 Å². The third kappa shape index (κ3) is 3.37. The molecule has 8 heteroatoms. The maximum atomic E-state index is 9.32. The summed E-state index contributed by atoms with van der Waals surface area (Å²) in [6.07, 6.45) is 2.22. The van der Waals surface area contributed by atoms with Gasteiger partial charge in [0.15, 0.2) is 5.82 Å². The van der Waals surface area contributed by atoms with Gasteiger partial charge in [-0.1, -0.05) is 19.0 Å². The van der Waals surface area contributed by atoms with Gasteiger partial charge in [0.25, 0.3) is 0 Å². The van der Waals surface area contributed by atoms with Crippen LogP contribution in [-0.4, -0.2) is 46.2 Å². The van der Waals surface area contributed by atoms with E-state index >= 15 is 0 Å². The molecule has 0 radical (unpaired) electrons. The van der Waals surface area contributed by atoms with Crippen molar-refractivity contribution in [3.8, 4) is 6.07 Å². The van der Waals surface area contributed by atoms with Crippen LogP contribution in [0.15, 0.2) is 8.94 Å². The van der Waals surface area contributed by atoms with Gasteiger partial charge in [-0.25, -0.2) is 4.98 Å². The molecule has 2 aliphatic rings. The van der Waals surface area contributed by atoms with Gasteiger partial charge in [-0.2, -0.15) is 10.2 Å². The van der Waals surface area contributed by atoms with Gasteiger partial charge in [0, 0.05) is 38.0 Å². The Bertz CT molecular complexity index is 777. The molecule has 3 heterocycles. The first kappa shape index (κ1) is 16.1. The van der Waals surface area contributed by atoms with E-state index in [1.807, 2.05) is 13.8 Å². The van der Waals surface area contributed by atoms with E-state index in [2.05, 4.69) is 31.0 Å². The molecule has 132 valence electrons. The fourth-order valence-electron chi connectivity index (χ4n) is 2.99. The lowest BCUT2D eigenvalue weighted by Crippen LogP contribution is -2.46. The first-order chi connectivity index (χ1) is 12.1. The Labute approximate surface area is 146 Å². The Morgan fingerprint density at radius 3 is 2.56 bits per heavy atom. The van der Waals surface area contributed by atoms with Crippen LogP contribution < -0.4 is 4.90 Å². The van der Waals surface area contributed by atoms with Gasteiger partial charge in [0.2, 0.25) is 23.4 Å². The van der Waals surface area contributed by atoms with Gasteiger partial charge in [0.1, 0.15) is 6.07 Å². The highest BCUT2D eigenvalue weighted by molar-refractivity contribution is 5.48. The number of rotatable bonds is 5. The van der Waals surface area contributed by atoms with Crippen LogP contribution in [0.4, 0.5) is 5.88 Å². The highest BCUT2D eigenvalue weighted by Crippen LogP contribution is 2.41. The fourth-order valence-corrected chi connectivity index (χ4v) is 2.99. The first-order valence-electron chi connectivity index (χ1n) is 8.84. The molecular formula is C17H22N6O2. The number of oxazole rings is 1. The molecule has 0 N–H and O–H groups in total. The Hall–Kier alpha value is -2.40. The van der Waals surface area contributed by atoms with Gasteiger partial charge < -0.3 is 13.8 Å². The van der Waals surface area contributed by atoms with Crippen molar-refractivity contribution in [3.63, 3.8) is 0 Å². The molecule has 1 saturated heterocycles. The number of anilines is 1. The second-order valence-electron chi connectivity index (χ2n) is 7.06. The Kier molecular flexibility index (Phi) is 4.17. The molecule has 8 nitrogen and oxygen atoms in total. The molecule has 2 aromatic heterocycles. The minimum absolute atomic E-state index is 0.269. The highest BCUT2D eigenvalue weighted by Gasteiger charge is 2.32. The van der Waals surface area contributed by atoms with E-state index in [1.54, 1.807) is 0 Å². The van der Waals surface area contributed by atoms with Crippen LogP contribution in [0.25, 0.3) is 0 Å². The maximum absolute atomic E-state index is 9.32. The quantitative estimate of drug-likeness (QED) is 0.816. The van der Waals surface area contributed by atoms with Gasteiger partial charge >= 0.3 is 0 Å². The van der Waals surface area contributed by atoms with Crippen LogP contribution in [0.2, 0.25) is 0 Å². The predicted molar refractivity (Wildman–Crippen MR) is 89.1 cm³/mol. The zero-order chi connectivity index (χ0) is 17.4. The van der Waals surface area contributed by atoms with Crippen LogP contribution in [0.3, 0.4) is 0 Å². The Morgan fingerprint density at radius 2 is 1.96 bits per heavy atom. The molecule has 0 amide bonds. The minimum atomic E-state index is 0.269. The predicted octanol–water partition coefficient (Wildman–Crippen LogP) is 2.25. The molecule has 4 rings (SSSR count). The monoisotopic (exact) mass is 342 g/mol.